The van der Waals surface area contributed by atoms with Gasteiger partial charge in [0.1, 0.15) is 11.2 Å². The molecule has 0 atom stereocenters. The van der Waals surface area contributed by atoms with E-state index in [0.29, 0.717) is 0 Å². The second-order valence-corrected chi connectivity index (χ2v) is 6.59. The van der Waals surface area contributed by atoms with Crippen LogP contribution < -0.4 is 0 Å². The summed E-state index contributed by atoms with van der Waals surface area (Å²) in [5, 5.41) is 7.80. The standard InChI is InChI=1S/C18H16N4S/c1-11-4-6-14(7-5-11)15-9-23-18-16(15)17(19-10-20-18)22-13(3)8-12(2)21-22/h4-10H,1-3H3. The van der Waals surface area contributed by atoms with Crippen LogP contribution in [0.4, 0.5) is 0 Å². The summed E-state index contributed by atoms with van der Waals surface area (Å²) >= 11 is 1.64. The molecule has 0 saturated carbocycles. The molecule has 114 valence electrons. The molecule has 0 aliphatic rings. The number of rotatable bonds is 2. The fourth-order valence-corrected chi connectivity index (χ4v) is 3.72. The zero-order chi connectivity index (χ0) is 16.0. The second kappa shape index (κ2) is 5.28. The highest BCUT2D eigenvalue weighted by Gasteiger charge is 2.16. The van der Waals surface area contributed by atoms with Gasteiger partial charge in [-0.3, -0.25) is 0 Å². The van der Waals surface area contributed by atoms with E-state index in [-0.39, 0.29) is 0 Å². The van der Waals surface area contributed by atoms with Crippen molar-refractivity contribution in [3.63, 3.8) is 0 Å². The van der Waals surface area contributed by atoms with Gasteiger partial charge in [-0.1, -0.05) is 29.8 Å². The SMILES string of the molecule is Cc1ccc(-c2csc3ncnc(-n4nc(C)cc4C)c23)cc1. The van der Waals surface area contributed by atoms with Gasteiger partial charge in [-0.25, -0.2) is 14.6 Å². The van der Waals surface area contributed by atoms with E-state index in [1.807, 2.05) is 18.5 Å². The van der Waals surface area contributed by atoms with Crippen LogP contribution in [0.1, 0.15) is 17.0 Å². The van der Waals surface area contributed by atoms with Crippen molar-refractivity contribution in [3.8, 4) is 16.9 Å². The minimum absolute atomic E-state index is 0.845. The number of nitrogens with zero attached hydrogens (tertiary/aromatic N) is 4. The number of aryl methyl sites for hydroxylation is 3. The minimum Gasteiger partial charge on any atom is -0.225 e. The van der Waals surface area contributed by atoms with Gasteiger partial charge in [-0.05, 0) is 32.4 Å². The highest BCUT2D eigenvalue weighted by molar-refractivity contribution is 7.17. The zero-order valence-corrected chi connectivity index (χ0v) is 14.1. The molecule has 0 aliphatic heterocycles. The molecule has 0 amide bonds. The van der Waals surface area contributed by atoms with Gasteiger partial charge in [0, 0.05) is 16.6 Å². The largest absolute Gasteiger partial charge is 0.225 e. The molecule has 0 N–H and O–H groups in total. The summed E-state index contributed by atoms with van der Waals surface area (Å²) in [4.78, 5) is 9.94. The molecule has 23 heavy (non-hydrogen) atoms. The van der Waals surface area contributed by atoms with E-state index < -0.39 is 0 Å². The van der Waals surface area contributed by atoms with Crippen LogP contribution in [0.5, 0.6) is 0 Å². The molecule has 4 nitrogen and oxygen atoms in total. The molecule has 4 aromatic rings. The van der Waals surface area contributed by atoms with Crippen molar-refractivity contribution in [2.24, 2.45) is 0 Å². The monoisotopic (exact) mass is 320 g/mol. The van der Waals surface area contributed by atoms with Crippen molar-refractivity contribution in [1.82, 2.24) is 19.7 Å². The average Bonchev–Trinajstić information content (AvgIpc) is 3.11. The highest BCUT2D eigenvalue weighted by atomic mass is 32.1. The van der Waals surface area contributed by atoms with E-state index >= 15 is 0 Å². The van der Waals surface area contributed by atoms with Crippen molar-refractivity contribution in [2.45, 2.75) is 20.8 Å². The molecule has 0 saturated heterocycles. The number of hydrogen-bond acceptors (Lipinski definition) is 4. The quantitative estimate of drug-likeness (QED) is 0.547. The van der Waals surface area contributed by atoms with Crippen molar-refractivity contribution in [2.75, 3.05) is 0 Å². The lowest BCUT2D eigenvalue weighted by atomic mass is 10.0. The van der Waals surface area contributed by atoms with Crippen LogP contribution in [0.25, 0.3) is 27.2 Å². The highest BCUT2D eigenvalue weighted by Crippen LogP contribution is 2.36. The summed E-state index contributed by atoms with van der Waals surface area (Å²) in [6.45, 7) is 6.14. The van der Waals surface area contributed by atoms with E-state index in [1.165, 1.54) is 11.1 Å². The summed E-state index contributed by atoms with van der Waals surface area (Å²) in [6.07, 6.45) is 1.61. The van der Waals surface area contributed by atoms with Crippen LogP contribution in [0, 0.1) is 20.8 Å². The van der Waals surface area contributed by atoms with Gasteiger partial charge >= 0.3 is 0 Å². The first kappa shape index (κ1) is 14.1. The topological polar surface area (TPSA) is 43.6 Å². The second-order valence-electron chi connectivity index (χ2n) is 5.73. The van der Waals surface area contributed by atoms with Crippen molar-refractivity contribution < 1.29 is 0 Å². The molecular weight excluding hydrogens is 304 g/mol. The molecule has 3 aromatic heterocycles. The molecule has 0 aliphatic carbocycles. The predicted molar refractivity (Wildman–Crippen MR) is 94.2 cm³/mol. The van der Waals surface area contributed by atoms with E-state index in [0.717, 1.165) is 33.0 Å². The van der Waals surface area contributed by atoms with Crippen LogP contribution in [0.3, 0.4) is 0 Å². The first-order valence-electron chi connectivity index (χ1n) is 7.46. The first-order valence-corrected chi connectivity index (χ1v) is 8.34. The summed E-state index contributed by atoms with van der Waals surface area (Å²) in [7, 11) is 0. The van der Waals surface area contributed by atoms with Gasteiger partial charge < -0.3 is 0 Å². The molecule has 0 bridgehead atoms. The molecule has 3 heterocycles. The lowest BCUT2D eigenvalue weighted by molar-refractivity contribution is 0.811. The lowest BCUT2D eigenvalue weighted by Crippen LogP contribution is -2.03. The number of hydrogen-bond donors (Lipinski definition) is 0. The maximum Gasteiger partial charge on any atom is 0.166 e. The Morgan fingerprint density at radius 3 is 2.48 bits per heavy atom. The number of benzene rings is 1. The van der Waals surface area contributed by atoms with Crippen molar-refractivity contribution in [1.29, 1.82) is 0 Å². The van der Waals surface area contributed by atoms with Crippen LogP contribution in [-0.2, 0) is 0 Å². The van der Waals surface area contributed by atoms with Crippen LogP contribution in [0.2, 0.25) is 0 Å². The van der Waals surface area contributed by atoms with Gasteiger partial charge in [0.2, 0.25) is 0 Å². The fraction of sp³-hybridized carbons (Fsp3) is 0.167. The summed E-state index contributed by atoms with van der Waals surface area (Å²) in [5.74, 6) is 0.845. The van der Waals surface area contributed by atoms with E-state index in [2.05, 4.69) is 57.7 Å². The van der Waals surface area contributed by atoms with Crippen molar-refractivity contribution >= 4 is 21.6 Å². The number of fused-ring (bicyclic) bond motifs is 1. The molecule has 0 radical (unpaired) electrons. The predicted octanol–water partition coefficient (Wildman–Crippen LogP) is 4.47. The molecule has 0 spiro atoms. The van der Waals surface area contributed by atoms with Gasteiger partial charge in [-0.15, -0.1) is 11.3 Å². The summed E-state index contributed by atoms with van der Waals surface area (Å²) < 4.78 is 1.91. The Labute approximate surface area is 138 Å². The van der Waals surface area contributed by atoms with Crippen LogP contribution >= 0.6 is 11.3 Å². The first-order chi connectivity index (χ1) is 11.1. The maximum atomic E-state index is 4.59. The Morgan fingerprint density at radius 2 is 1.78 bits per heavy atom. The number of thiophene rings is 1. The third-order valence-electron chi connectivity index (χ3n) is 3.92. The zero-order valence-electron chi connectivity index (χ0n) is 13.2. The maximum absolute atomic E-state index is 4.59. The molecular formula is C18H16N4S. The van der Waals surface area contributed by atoms with E-state index in [9.17, 15) is 0 Å². The Morgan fingerprint density at radius 1 is 1.00 bits per heavy atom. The minimum atomic E-state index is 0.845. The van der Waals surface area contributed by atoms with E-state index in [4.69, 9.17) is 0 Å². The van der Waals surface area contributed by atoms with Gasteiger partial charge in [0.15, 0.2) is 5.82 Å². The normalized spacial score (nSPS) is 11.3. The molecule has 0 unspecified atom stereocenters. The van der Waals surface area contributed by atoms with Gasteiger partial charge in [0.05, 0.1) is 11.1 Å². The Hall–Kier alpha value is -2.53. The van der Waals surface area contributed by atoms with E-state index in [1.54, 1.807) is 17.7 Å². The summed E-state index contributed by atoms with van der Waals surface area (Å²) in [5.41, 5.74) is 5.65. The lowest BCUT2D eigenvalue weighted by Gasteiger charge is -2.07. The average molecular weight is 320 g/mol. The fourth-order valence-electron chi connectivity index (χ4n) is 2.81. The van der Waals surface area contributed by atoms with Crippen LogP contribution in [0.15, 0.2) is 42.0 Å². The smallest absolute Gasteiger partial charge is 0.166 e. The molecule has 1 aromatic carbocycles. The molecule has 4 rings (SSSR count). The van der Waals surface area contributed by atoms with Crippen LogP contribution in [-0.4, -0.2) is 19.7 Å². The molecule has 5 heteroatoms. The Kier molecular flexibility index (Phi) is 3.23. The number of aromatic nitrogens is 4. The molecule has 0 fully saturated rings. The Bertz CT molecular complexity index is 996. The Balaban J connectivity index is 2.01. The van der Waals surface area contributed by atoms with Gasteiger partial charge in [-0.2, -0.15) is 5.10 Å². The summed E-state index contributed by atoms with van der Waals surface area (Å²) in [6, 6.07) is 10.6. The third kappa shape index (κ3) is 2.33. The van der Waals surface area contributed by atoms with Gasteiger partial charge in [0.25, 0.3) is 0 Å². The van der Waals surface area contributed by atoms with Crippen molar-refractivity contribution in [3.05, 3.63) is 59.0 Å². The third-order valence-corrected chi connectivity index (χ3v) is 4.81.